The Balaban J connectivity index is 1.06. The summed E-state index contributed by atoms with van der Waals surface area (Å²) >= 11 is 1.44. The van der Waals surface area contributed by atoms with E-state index in [1.807, 2.05) is 24.3 Å². The van der Waals surface area contributed by atoms with Gasteiger partial charge in [-0.1, -0.05) is 50.7 Å². The van der Waals surface area contributed by atoms with Gasteiger partial charge in [-0.25, -0.2) is 9.78 Å². The molecule has 1 heterocycles. The Hall–Kier alpha value is -5.06. The molecule has 2 aliphatic carbocycles. The Morgan fingerprint density at radius 1 is 0.667 bits per heavy atom. The topological polar surface area (TPSA) is 121 Å². The summed E-state index contributed by atoms with van der Waals surface area (Å²) in [4.78, 5) is 43.1. The van der Waals surface area contributed by atoms with Gasteiger partial charge in [0.1, 0.15) is 28.0 Å². The minimum atomic E-state index is -1.35. The SMILES string of the molecule is O=C(Oc1ccc(OC(O)c2ccc(OC(=O)C3CCCCC3)cc2)c(-c2nc3ccccc3s2)c1)c1ccc(OC(=O)C2CCCCC2)cc1. The van der Waals surface area contributed by atoms with E-state index >= 15 is 0 Å². The standard InChI is InChI=1S/C41H39NO8S/c43-38(26-9-3-1-4-10-26)47-30-19-15-28(16-20-30)40(45)49-32-23-24-35(33(25-32)37-42-34-13-7-8-14-36(34)51-37)50-41(46)29-17-21-31(22-18-29)48-39(44)27-11-5-2-6-12-27/h7-8,13-27,41,46H,1-6,9-12H2. The fourth-order valence-corrected chi connectivity index (χ4v) is 7.61. The second kappa shape index (κ2) is 15.9. The number of carbonyl (C=O) groups is 3. The summed E-state index contributed by atoms with van der Waals surface area (Å²) in [6.45, 7) is 0. The second-order valence-electron chi connectivity index (χ2n) is 13.1. The number of para-hydroxylation sites is 1. The molecule has 0 amide bonds. The van der Waals surface area contributed by atoms with Crippen LogP contribution in [0.15, 0.2) is 91.0 Å². The molecule has 1 atom stereocenters. The third-order valence-corrected chi connectivity index (χ3v) is 10.6. The van der Waals surface area contributed by atoms with Crippen molar-refractivity contribution in [3.05, 3.63) is 102 Å². The number of ether oxygens (including phenoxy) is 4. The summed E-state index contributed by atoms with van der Waals surface area (Å²) in [5.74, 6) is 0.204. The number of aliphatic hydroxyl groups excluding tert-OH is 1. The number of aromatic nitrogens is 1. The van der Waals surface area contributed by atoms with Crippen LogP contribution in [-0.2, 0) is 9.59 Å². The van der Waals surface area contributed by atoms with Gasteiger partial charge < -0.3 is 24.1 Å². The molecule has 0 spiro atoms. The largest absolute Gasteiger partial charge is 0.460 e. The van der Waals surface area contributed by atoms with E-state index in [9.17, 15) is 19.5 Å². The van der Waals surface area contributed by atoms with E-state index in [2.05, 4.69) is 0 Å². The van der Waals surface area contributed by atoms with Crippen molar-refractivity contribution in [2.45, 2.75) is 70.5 Å². The van der Waals surface area contributed by atoms with Crippen molar-refractivity contribution in [1.29, 1.82) is 0 Å². The van der Waals surface area contributed by atoms with Crippen molar-refractivity contribution in [3.8, 4) is 33.6 Å². The van der Waals surface area contributed by atoms with Gasteiger partial charge in [-0.15, -0.1) is 11.3 Å². The van der Waals surface area contributed by atoms with Crippen molar-refractivity contribution in [3.63, 3.8) is 0 Å². The summed E-state index contributed by atoms with van der Waals surface area (Å²) in [5, 5.41) is 11.7. The van der Waals surface area contributed by atoms with Gasteiger partial charge in [0.25, 0.3) is 0 Å². The van der Waals surface area contributed by atoms with Crippen molar-refractivity contribution in [1.82, 2.24) is 4.98 Å². The molecule has 262 valence electrons. The summed E-state index contributed by atoms with van der Waals surface area (Å²) in [7, 11) is 0. The number of carbonyl (C=O) groups excluding carboxylic acids is 3. The van der Waals surface area contributed by atoms with Crippen molar-refractivity contribution >= 4 is 39.5 Å². The number of esters is 3. The number of fused-ring (bicyclic) bond motifs is 1. The van der Waals surface area contributed by atoms with Crippen LogP contribution < -0.4 is 18.9 Å². The molecule has 9 nitrogen and oxygen atoms in total. The van der Waals surface area contributed by atoms with Crippen LogP contribution in [0.25, 0.3) is 20.8 Å². The number of nitrogens with zero attached hydrogens (tertiary/aromatic N) is 1. The molecule has 5 aromatic rings. The van der Waals surface area contributed by atoms with Crippen LogP contribution in [0.3, 0.4) is 0 Å². The van der Waals surface area contributed by atoms with Gasteiger partial charge in [0.2, 0.25) is 6.29 Å². The molecule has 2 aliphatic rings. The lowest BCUT2D eigenvalue weighted by atomic mass is 9.89. The molecular weight excluding hydrogens is 667 g/mol. The Morgan fingerprint density at radius 2 is 1.24 bits per heavy atom. The molecule has 10 heteroatoms. The fourth-order valence-electron chi connectivity index (χ4n) is 6.62. The maximum atomic E-state index is 13.2. The average molecular weight is 706 g/mol. The fraction of sp³-hybridized carbons (Fsp3) is 0.317. The third-order valence-electron chi connectivity index (χ3n) is 9.49. The van der Waals surface area contributed by atoms with Gasteiger partial charge in [-0.2, -0.15) is 0 Å². The summed E-state index contributed by atoms with van der Waals surface area (Å²) in [6, 6.07) is 25.5. The number of hydrogen-bond donors (Lipinski definition) is 1. The van der Waals surface area contributed by atoms with Crippen LogP contribution in [0.5, 0.6) is 23.0 Å². The predicted octanol–water partition coefficient (Wildman–Crippen LogP) is 9.22. The third kappa shape index (κ3) is 8.46. The summed E-state index contributed by atoms with van der Waals surface area (Å²) < 4.78 is 24.0. The van der Waals surface area contributed by atoms with Gasteiger partial charge >= 0.3 is 17.9 Å². The molecule has 51 heavy (non-hydrogen) atoms. The summed E-state index contributed by atoms with van der Waals surface area (Å²) in [6.07, 6.45) is 8.50. The molecule has 2 saturated carbocycles. The Kier molecular flexibility index (Phi) is 10.7. The lowest BCUT2D eigenvalue weighted by molar-refractivity contribution is -0.140. The zero-order valence-electron chi connectivity index (χ0n) is 28.1. The number of hydrogen-bond acceptors (Lipinski definition) is 10. The number of rotatable bonds is 10. The molecule has 1 unspecified atom stereocenters. The smallest absolute Gasteiger partial charge is 0.343 e. The molecule has 4 aromatic carbocycles. The first-order chi connectivity index (χ1) is 24.9. The maximum absolute atomic E-state index is 13.2. The second-order valence-corrected chi connectivity index (χ2v) is 14.1. The quantitative estimate of drug-likeness (QED) is 0.0861. The van der Waals surface area contributed by atoms with Crippen molar-refractivity contribution in [2.75, 3.05) is 0 Å². The van der Waals surface area contributed by atoms with E-state index < -0.39 is 12.3 Å². The van der Waals surface area contributed by atoms with Gasteiger partial charge in [0.05, 0.1) is 33.2 Å². The first kappa shape index (κ1) is 34.4. The first-order valence-corrected chi connectivity index (χ1v) is 18.4. The normalized spacial score (nSPS) is 15.9. The molecule has 0 saturated heterocycles. The lowest BCUT2D eigenvalue weighted by Gasteiger charge is -2.20. The highest BCUT2D eigenvalue weighted by Gasteiger charge is 2.25. The number of thiazole rings is 1. The number of aliphatic hydroxyl groups is 1. The molecule has 0 bridgehead atoms. The van der Waals surface area contributed by atoms with E-state index in [1.54, 1.807) is 66.7 Å². The van der Waals surface area contributed by atoms with Gasteiger partial charge in [0, 0.05) is 5.56 Å². The van der Waals surface area contributed by atoms with E-state index in [4.69, 9.17) is 23.9 Å². The van der Waals surface area contributed by atoms with Crippen LogP contribution in [0.2, 0.25) is 0 Å². The summed E-state index contributed by atoms with van der Waals surface area (Å²) in [5.41, 5.74) is 2.08. The van der Waals surface area contributed by atoms with E-state index in [1.165, 1.54) is 11.3 Å². The van der Waals surface area contributed by atoms with Crippen molar-refractivity contribution in [2.24, 2.45) is 11.8 Å². The molecule has 0 radical (unpaired) electrons. The van der Waals surface area contributed by atoms with Crippen LogP contribution in [0.1, 0.15) is 86.4 Å². The molecule has 2 fully saturated rings. The Bertz CT molecular complexity index is 1960. The van der Waals surface area contributed by atoms with Crippen LogP contribution in [0.4, 0.5) is 0 Å². The zero-order chi connectivity index (χ0) is 35.2. The monoisotopic (exact) mass is 705 g/mol. The zero-order valence-corrected chi connectivity index (χ0v) is 28.9. The van der Waals surface area contributed by atoms with Crippen LogP contribution in [-0.4, -0.2) is 28.0 Å². The van der Waals surface area contributed by atoms with Gasteiger partial charge in [0.15, 0.2) is 0 Å². The molecule has 7 rings (SSSR count). The minimum Gasteiger partial charge on any atom is -0.460 e. The van der Waals surface area contributed by atoms with E-state index in [0.717, 1.165) is 74.4 Å². The van der Waals surface area contributed by atoms with E-state index in [-0.39, 0.29) is 35.1 Å². The van der Waals surface area contributed by atoms with Gasteiger partial charge in [-0.05, 0) is 105 Å². The van der Waals surface area contributed by atoms with Gasteiger partial charge in [-0.3, -0.25) is 9.59 Å². The Labute approximate surface area is 300 Å². The molecule has 1 N–H and O–H groups in total. The number of benzene rings is 4. The van der Waals surface area contributed by atoms with Crippen LogP contribution >= 0.6 is 11.3 Å². The minimum absolute atomic E-state index is 0.0710. The highest BCUT2D eigenvalue weighted by molar-refractivity contribution is 7.21. The van der Waals surface area contributed by atoms with Crippen molar-refractivity contribution < 1.29 is 38.4 Å². The van der Waals surface area contributed by atoms with E-state index in [0.29, 0.717) is 33.4 Å². The molecule has 0 aliphatic heterocycles. The first-order valence-electron chi connectivity index (χ1n) is 17.6. The Morgan fingerprint density at radius 3 is 1.84 bits per heavy atom. The molecular formula is C41H39NO8S. The van der Waals surface area contributed by atoms with Crippen LogP contribution in [0, 0.1) is 11.8 Å². The highest BCUT2D eigenvalue weighted by Crippen LogP contribution is 2.40. The average Bonchev–Trinajstić information content (AvgIpc) is 3.61. The lowest BCUT2D eigenvalue weighted by Crippen LogP contribution is -2.22. The predicted molar refractivity (Wildman–Crippen MR) is 193 cm³/mol. The highest BCUT2D eigenvalue weighted by atomic mass is 32.1. The molecule has 1 aromatic heterocycles. The maximum Gasteiger partial charge on any atom is 0.343 e.